The van der Waals surface area contributed by atoms with E-state index in [-0.39, 0.29) is 59.1 Å². The van der Waals surface area contributed by atoms with Gasteiger partial charge in [0.2, 0.25) is 10.4 Å². The van der Waals surface area contributed by atoms with Gasteiger partial charge in [-0.1, -0.05) is 0 Å². The number of nitrogens with zero attached hydrogens (tertiary/aromatic N) is 1. The number of phosphoric acid groups is 1. The van der Waals surface area contributed by atoms with Crippen molar-refractivity contribution in [3.8, 4) is 0 Å². The Kier molecular flexibility index (Phi) is 10.8. The molecule has 1 aromatic rings. The molecule has 142 valence electrons. The Morgan fingerprint density at radius 1 is 1.30 bits per heavy atom. The van der Waals surface area contributed by atoms with Gasteiger partial charge >= 0.3 is 64.8 Å². The van der Waals surface area contributed by atoms with E-state index in [0.29, 0.717) is 0 Å². The predicted octanol–water partition coefficient (Wildman–Crippen LogP) is -9.87. The van der Waals surface area contributed by atoms with Crippen LogP contribution in [0.3, 0.4) is 0 Å². The van der Waals surface area contributed by atoms with Crippen molar-refractivity contribution < 1.29 is 105 Å². The molecule has 0 aromatic carbocycles. The Balaban J connectivity index is 0.00000338. The molecule has 2 heterocycles. The van der Waals surface area contributed by atoms with Crippen LogP contribution in [0.5, 0.6) is 0 Å². The van der Waals surface area contributed by atoms with E-state index in [1.807, 2.05) is 4.98 Å². The van der Waals surface area contributed by atoms with E-state index in [2.05, 4.69) is 8.49 Å². The second-order valence-corrected chi connectivity index (χ2v) is 7.35. The summed E-state index contributed by atoms with van der Waals surface area (Å²) in [7, 11) is -11.2. The molecule has 1 aliphatic heterocycles. The van der Waals surface area contributed by atoms with Crippen molar-refractivity contribution >= 4 is 18.2 Å². The Bertz CT molecular complexity index is 903. The molecular weight excluding hydrogens is 437 g/mol. The minimum Gasteiger partial charge on any atom is -0.755 e. The van der Waals surface area contributed by atoms with Crippen LogP contribution in [0.2, 0.25) is 0 Å². The Labute approximate surface area is 195 Å². The maximum Gasteiger partial charge on any atom is 1.00 e. The average molecular weight is 448 g/mol. The summed E-state index contributed by atoms with van der Waals surface area (Å²) < 4.78 is 55.0. The van der Waals surface area contributed by atoms with Crippen LogP contribution in [-0.4, -0.2) is 57.7 Å². The van der Waals surface area contributed by atoms with E-state index in [1.54, 1.807) is 0 Å². The second-order valence-electron chi connectivity index (χ2n) is 4.79. The molecule has 0 radical (unpaired) electrons. The number of rotatable bonds is 6. The first kappa shape index (κ1) is 27.6. The van der Waals surface area contributed by atoms with Crippen molar-refractivity contribution in [2.75, 3.05) is 6.61 Å². The number of ether oxygens (including phenoxy) is 1. The zero-order valence-electron chi connectivity index (χ0n) is 14.0. The minimum absolute atomic E-state index is 0. The van der Waals surface area contributed by atoms with Crippen molar-refractivity contribution in [2.45, 2.75) is 24.5 Å². The number of aromatic nitrogens is 2. The number of aliphatic hydroxyl groups excluding tert-OH is 2. The van der Waals surface area contributed by atoms with Crippen LogP contribution in [0, 0.1) is 0 Å². The van der Waals surface area contributed by atoms with Crippen molar-refractivity contribution in [1.82, 2.24) is 9.55 Å². The van der Waals surface area contributed by atoms with Gasteiger partial charge in [0, 0.05) is 12.3 Å². The molecule has 1 aromatic heterocycles. The Morgan fingerprint density at radius 2 is 1.89 bits per heavy atom. The molecule has 0 saturated carbocycles. The first-order valence-corrected chi connectivity index (χ1v) is 9.15. The normalized spacial score (nSPS) is 27.3. The molecule has 5 atom stereocenters. The Morgan fingerprint density at radius 3 is 2.41 bits per heavy atom. The third-order valence-electron chi connectivity index (χ3n) is 3.04. The van der Waals surface area contributed by atoms with Crippen molar-refractivity contribution in [3.05, 3.63) is 33.1 Å². The number of phosphoric ester groups is 1. The van der Waals surface area contributed by atoms with Gasteiger partial charge in [-0.05, 0) is 0 Å². The molecule has 18 heteroatoms. The maximum absolute atomic E-state index is 11.6. The third-order valence-corrected chi connectivity index (χ3v) is 4.97. The molecule has 3 N–H and O–H groups in total. The molecular formula is C9H11N2Na2O12PS. The minimum atomic E-state index is -5.60. The third kappa shape index (κ3) is 7.73. The van der Waals surface area contributed by atoms with E-state index >= 15 is 0 Å². The zero-order valence-corrected chi connectivity index (χ0v) is 19.7. The summed E-state index contributed by atoms with van der Waals surface area (Å²) in [4.78, 5) is 35.7. The molecule has 1 fully saturated rings. The zero-order chi connectivity index (χ0) is 19.0. The summed E-state index contributed by atoms with van der Waals surface area (Å²) >= 11 is 0. The number of hydrogen-bond donors (Lipinski definition) is 3. The van der Waals surface area contributed by atoms with Gasteiger partial charge in [0.05, 0.1) is 6.61 Å². The first-order chi connectivity index (χ1) is 11.4. The summed E-state index contributed by atoms with van der Waals surface area (Å²) in [5, 5.41) is 19.7. The summed E-state index contributed by atoms with van der Waals surface area (Å²) in [6.45, 7) is -1.02. The quantitative estimate of drug-likeness (QED) is 0.160. The number of aromatic amines is 1. The molecule has 0 aliphatic carbocycles. The van der Waals surface area contributed by atoms with Gasteiger partial charge < -0.3 is 28.9 Å². The molecule has 1 unspecified atom stereocenters. The topological polar surface area (TPSA) is 220 Å². The molecule has 2 rings (SSSR count). The van der Waals surface area contributed by atoms with Gasteiger partial charge in [-0.15, -0.1) is 0 Å². The van der Waals surface area contributed by atoms with Crippen LogP contribution >= 0.6 is 7.82 Å². The summed E-state index contributed by atoms with van der Waals surface area (Å²) in [6, 6.07) is 0.937. The molecule has 14 nitrogen and oxygen atoms in total. The van der Waals surface area contributed by atoms with E-state index in [0.717, 1.165) is 16.8 Å². The van der Waals surface area contributed by atoms with Crippen molar-refractivity contribution in [1.29, 1.82) is 0 Å². The van der Waals surface area contributed by atoms with Crippen molar-refractivity contribution in [3.63, 3.8) is 0 Å². The van der Waals surface area contributed by atoms with Crippen LogP contribution in [0.25, 0.3) is 0 Å². The first-order valence-electron chi connectivity index (χ1n) is 6.35. The summed E-state index contributed by atoms with van der Waals surface area (Å²) in [6.07, 6.45) is -5.52. The van der Waals surface area contributed by atoms with Gasteiger partial charge in [-0.3, -0.25) is 18.9 Å². The smallest absolute Gasteiger partial charge is 0.755 e. The number of hydrogen-bond acceptors (Lipinski definition) is 12. The van der Waals surface area contributed by atoms with Crippen LogP contribution in [0.15, 0.2) is 21.9 Å². The Hall–Kier alpha value is 0.580. The number of nitrogens with one attached hydrogen (secondary N) is 1. The maximum atomic E-state index is 11.6. The fraction of sp³-hybridized carbons (Fsp3) is 0.556. The molecule has 1 saturated heterocycles. The van der Waals surface area contributed by atoms with Gasteiger partial charge in [0.15, 0.2) is 6.23 Å². The molecule has 0 spiro atoms. The standard InChI is InChI=1S/C9H13N2O12PS.2Na/c12-5-1-2-11(9(15)10-5)8-7(14)6(13)4(22-8)3-21-24(16,17)23-25(18,19)20;;/h1-2,4,6-8,13-14H,3H2,(H,16,17)(H,10,12,15)(H,18,19,20);;/q;2*+1/p-2/t4-,6-,7-,8-;;/m1../s1. The van der Waals surface area contributed by atoms with Gasteiger partial charge in [-0.2, -0.15) is 0 Å². The van der Waals surface area contributed by atoms with Crippen LogP contribution in [0.1, 0.15) is 6.23 Å². The average Bonchev–Trinajstić information content (AvgIpc) is 2.71. The van der Waals surface area contributed by atoms with Crippen LogP contribution in [0.4, 0.5) is 0 Å². The van der Waals surface area contributed by atoms with E-state index < -0.39 is 60.6 Å². The van der Waals surface area contributed by atoms with Gasteiger partial charge in [0.1, 0.15) is 18.3 Å². The monoisotopic (exact) mass is 448 g/mol. The molecule has 0 bridgehead atoms. The van der Waals surface area contributed by atoms with Gasteiger partial charge in [-0.25, -0.2) is 17.2 Å². The van der Waals surface area contributed by atoms with E-state index in [4.69, 9.17) is 4.74 Å². The second kappa shape index (κ2) is 10.6. The molecule has 0 amide bonds. The largest absolute Gasteiger partial charge is 1.00 e. The summed E-state index contributed by atoms with van der Waals surface area (Å²) in [5.41, 5.74) is -1.70. The fourth-order valence-electron chi connectivity index (χ4n) is 2.02. The van der Waals surface area contributed by atoms with Gasteiger partial charge in [0.25, 0.3) is 13.4 Å². The predicted molar refractivity (Wildman–Crippen MR) is 71.6 cm³/mol. The fourth-order valence-corrected chi connectivity index (χ4v) is 3.42. The van der Waals surface area contributed by atoms with Crippen LogP contribution < -0.4 is 75.3 Å². The molecule has 1 aliphatic rings. The number of aliphatic hydroxyl groups is 2. The van der Waals surface area contributed by atoms with E-state index in [9.17, 15) is 42.2 Å². The number of H-pyrrole nitrogens is 1. The summed E-state index contributed by atoms with van der Waals surface area (Å²) in [5.74, 6) is 0. The van der Waals surface area contributed by atoms with Crippen LogP contribution in [-0.2, 0) is 28.2 Å². The molecule has 27 heavy (non-hydrogen) atoms. The SMILES string of the molecule is O=c1ccn([C@@H]2O[C@H](COP(=O)([O-])OS(=O)(=O)[O-])[C@@H](O)[C@H]2O)c(=O)[nH]1.[Na+].[Na+]. The van der Waals surface area contributed by atoms with E-state index in [1.165, 1.54) is 0 Å². The van der Waals surface area contributed by atoms with Crippen molar-refractivity contribution in [2.24, 2.45) is 0 Å².